The predicted octanol–water partition coefficient (Wildman–Crippen LogP) is 5.42. The minimum atomic E-state index is -0.624. The number of halogens is 3. The molecular weight excluding hydrogens is 491 g/mol. The summed E-state index contributed by atoms with van der Waals surface area (Å²) in [7, 11) is 0. The molecule has 1 atom stereocenters. The zero-order valence-corrected chi connectivity index (χ0v) is 20.1. The van der Waals surface area contributed by atoms with Crippen molar-refractivity contribution in [2.75, 3.05) is 12.3 Å². The van der Waals surface area contributed by atoms with E-state index in [1.807, 2.05) is 31.2 Å². The first-order valence-corrected chi connectivity index (χ1v) is 12.0. The SMILES string of the molecule is CCCNC(=O)C(C)N(Cc1cccc(Br)c1)C(=O)CSCc1c(F)cccc1Cl. The summed E-state index contributed by atoms with van der Waals surface area (Å²) < 4.78 is 14.9. The van der Waals surface area contributed by atoms with E-state index in [0.717, 1.165) is 16.5 Å². The van der Waals surface area contributed by atoms with Crippen molar-refractivity contribution in [3.63, 3.8) is 0 Å². The van der Waals surface area contributed by atoms with Crippen molar-refractivity contribution in [1.82, 2.24) is 10.2 Å². The monoisotopic (exact) mass is 514 g/mol. The molecule has 0 fully saturated rings. The Morgan fingerprint density at radius 1 is 1.27 bits per heavy atom. The van der Waals surface area contributed by atoms with E-state index in [-0.39, 0.29) is 29.1 Å². The van der Waals surface area contributed by atoms with Crippen LogP contribution in [0.4, 0.5) is 4.39 Å². The molecule has 0 aliphatic rings. The number of rotatable bonds is 10. The van der Waals surface area contributed by atoms with Gasteiger partial charge in [0.05, 0.1) is 5.75 Å². The molecule has 30 heavy (non-hydrogen) atoms. The van der Waals surface area contributed by atoms with Gasteiger partial charge in [-0.2, -0.15) is 0 Å². The van der Waals surface area contributed by atoms with E-state index in [9.17, 15) is 14.0 Å². The third-order valence-corrected chi connectivity index (χ3v) is 6.28. The molecule has 1 N–H and O–H groups in total. The van der Waals surface area contributed by atoms with Gasteiger partial charge in [0.25, 0.3) is 0 Å². The highest BCUT2D eigenvalue weighted by Crippen LogP contribution is 2.24. The predicted molar refractivity (Wildman–Crippen MR) is 125 cm³/mol. The summed E-state index contributed by atoms with van der Waals surface area (Å²) in [6.07, 6.45) is 0.817. The van der Waals surface area contributed by atoms with Crippen LogP contribution >= 0.6 is 39.3 Å². The molecule has 2 rings (SSSR count). The van der Waals surface area contributed by atoms with Gasteiger partial charge in [-0.15, -0.1) is 11.8 Å². The zero-order valence-electron chi connectivity index (χ0n) is 17.0. The second-order valence-electron chi connectivity index (χ2n) is 6.81. The van der Waals surface area contributed by atoms with Gasteiger partial charge in [-0.25, -0.2) is 4.39 Å². The van der Waals surface area contributed by atoms with Crippen molar-refractivity contribution >= 4 is 51.1 Å². The number of amides is 2. The van der Waals surface area contributed by atoms with Crippen LogP contribution < -0.4 is 5.32 Å². The second kappa shape index (κ2) is 12.3. The minimum absolute atomic E-state index is 0.115. The Morgan fingerprint density at radius 3 is 2.67 bits per heavy atom. The lowest BCUT2D eigenvalue weighted by Gasteiger charge is -2.29. The van der Waals surface area contributed by atoms with E-state index in [0.29, 0.717) is 23.7 Å². The Kier molecular flexibility index (Phi) is 10.1. The summed E-state index contributed by atoms with van der Waals surface area (Å²) in [5, 5.41) is 3.19. The highest BCUT2D eigenvalue weighted by Gasteiger charge is 2.26. The molecule has 162 valence electrons. The van der Waals surface area contributed by atoms with E-state index in [4.69, 9.17) is 11.6 Å². The summed E-state index contributed by atoms with van der Waals surface area (Å²) in [5.74, 6) is -0.377. The van der Waals surface area contributed by atoms with E-state index in [1.54, 1.807) is 24.0 Å². The molecule has 2 amide bonds. The quantitative estimate of drug-likeness (QED) is 0.460. The van der Waals surface area contributed by atoms with Crippen molar-refractivity contribution in [2.24, 2.45) is 0 Å². The molecule has 2 aromatic carbocycles. The van der Waals surface area contributed by atoms with E-state index in [2.05, 4.69) is 21.2 Å². The molecule has 4 nitrogen and oxygen atoms in total. The van der Waals surface area contributed by atoms with Gasteiger partial charge in [0, 0.05) is 33.9 Å². The molecular formula is C22H25BrClFN2O2S. The van der Waals surface area contributed by atoms with Gasteiger partial charge in [0.2, 0.25) is 11.8 Å². The number of thioether (sulfide) groups is 1. The van der Waals surface area contributed by atoms with E-state index in [1.165, 1.54) is 17.8 Å². The van der Waals surface area contributed by atoms with Crippen LogP contribution in [-0.4, -0.2) is 35.1 Å². The molecule has 0 saturated carbocycles. The smallest absolute Gasteiger partial charge is 0.242 e. The van der Waals surface area contributed by atoms with Gasteiger partial charge in [0.1, 0.15) is 11.9 Å². The van der Waals surface area contributed by atoms with Crippen molar-refractivity contribution in [2.45, 2.75) is 38.6 Å². The molecule has 0 saturated heterocycles. The van der Waals surface area contributed by atoms with Gasteiger partial charge >= 0.3 is 0 Å². The molecule has 1 unspecified atom stereocenters. The van der Waals surface area contributed by atoms with Gasteiger partial charge in [-0.1, -0.05) is 52.7 Å². The van der Waals surface area contributed by atoms with Crippen LogP contribution in [0.1, 0.15) is 31.4 Å². The number of carbonyl (C=O) groups excluding carboxylic acids is 2. The molecule has 0 aliphatic heterocycles. The number of benzene rings is 2. The van der Waals surface area contributed by atoms with Gasteiger partial charge < -0.3 is 10.2 Å². The normalized spacial score (nSPS) is 11.8. The summed E-state index contributed by atoms with van der Waals surface area (Å²) >= 11 is 10.8. The largest absolute Gasteiger partial charge is 0.354 e. The number of nitrogens with zero attached hydrogens (tertiary/aromatic N) is 1. The van der Waals surface area contributed by atoms with Crippen molar-refractivity contribution in [3.05, 3.63) is 68.9 Å². The second-order valence-corrected chi connectivity index (χ2v) is 9.12. The standard InChI is InChI=1S/C22H25BrClFN2O2S/c1-3-10-26-22(29)15(2)27(12-16-6-4-7-17(23)11-16)21(28)14-30-13-18-19(24)8-5-9-20(18)25/h4-9,11,15H,3,10,12-14H2,1-2H3,(H,26,29). The summed E-state index contributed by atoms with van der Waals surface area (Å²) in [6, 6.07) is 11.5. The highest BCUT2D eigenvalue weighted by molar-refractivity contribution is 9.10. The first-order chi connectivity index (χ1) is 14.3. The first kappa shape index (κ1) is 24.7. The average Bonchev–Trinajstić information content (AvgIpc) is 2.71. The lowest BCUT2D eigenvalue weighted by atomic mass is 10.1. The molecule has 0 heterocycles. The van der Waals surface area contributed by atoms with Crippen LogP contribution in [0.2, 0.25) is 5.02 Å². The Morgan fingerprint density at radius 2 is 2.00 bits per heavy atom. The lowest BCUT2D eigenvalue weighted by molar-refractivity contribution is -0.138. The van der Waals surface area contributed by atoms with E-state index >= 15 is 0 Å². The van der Waals surface area contributed by atoms with Crippen LogP contribution in [0.5, 0.6) is 0 Å². The topological polar surface area (TPSA) is 49.4 Å². The molecule has 2 aromatic rings. The number of nitrogens with one attached hydrogen (secondary N) is 1. The van der Waals surface area contributed by atoms with Crippen LogP contribution in [0.15, 0.2) is 46.9 Å². The number of hydrogen-bond donors (Lipinski definition) is 1. The van der Waals surface area contributed by atoms with Gasteiger partial charge in [0.15, 0.2) is 0 Å². The highest BCUT2D eigenvalue weighted by atomic mass is 79.9. The van der Waals surface area contributed by atoms with Crippen LogP contribution in [-0.2, 0) is 21.9 Å². The fraction of sp³-hybridized carbons (Fsp3) is 0.364. The molecule has 8 heteroatoms. The van der Waals surface area contributed by atoms with Crippen molar-refractivity contribution in [3.8, 4) is 0 Å². The van der Waals surface area contributed by atoms with Gasteiger partial charge in [-0.3, -0.25) is 9.59 Å². The summed E-state index contributed by atoms with van der Waals surface area (Å²) in [5.41, 5.74) is 1.29. The minimum Gasteiger partial charge on any atom is -0.354 e. The van der Waals surface area contributed by atoms with E-state index < -0.39 is 6.04 Å². The molecule has 0 bridgehead atoms. The van der Waals surface area contributed by atoms with Crippen LogP contribution in [0.25, 0.3) is 0 Å². The Labute approximate surface area is 194 Å². The third-order valence-electron chi connectivity index (χ3n) is 4.49. The summed E-state index contributed by atoms with van der Waals surface area (Å²) in [6.45, 7) is 4.56. The zero-order chi connectivity index (χ0) is 22.1. The number of carbonyl (C=O) groups is 2. The first-order valence-electron chi connectivity index (χ1n) is 9.65. The Hall–Kier alpha value is -1.57. The van der Waals surface area contributed by atoms with Crippen molar-refractivity contribution < 1.29 is 14.0 Å². The molecule has 0 aliphatic carbocycles. The Bertz CT molecular complexity index is 864. The maximum atomic E-state index is 14.0. The van der Waals surface area contributed by atoms with Crippen LogP contribution in [0.3, 0.4) is 0 Å². The van der Waals surface area contributed by atoms with Crippen molar-refractivity contribution in [1.29, 1.82) is 0 Å². The maximum absolute atomic E-state index is 14.0. The molecule has 0 radical (unpaired) electrons. The summed E-state index contributed by atoms with van der Waals surface area (Å²) in [4.78, 5) is 27.1. The molecule has 0 aromatic heterocycles. The fourth-order valence-electron chi connectivity index (χ4n) is 2.80. The maximum Gasteiger partial charge on any atom is 0.242 e. The van der Waals surface area contributed by atoms with Crippen LogP contribution in [0, 0.1) is 5.82 Å². The molecule has 0 spiro atoms. The third kappa shape index (κ3) is 7.29. The van der Waals surface area contributed by atoms with Gasteiger partial charge in [-0.05, 0) is 43.2 Å². The Balaban J connectivity index is 2.09. The lowest BCUT2D eigenvalue weighted by Crippen LogP contribution is -2.48. The fourth-order valence-corrected chi connectivity index (χ4v) is 4.50. The average molecular weight is 516 g/mol. The number of hydrogen-bond acceptors (Lipinski definition) is 3.